The number of likely N-dealkylation sites (tertiary alicyclic amines) is 1. The second-order valence-electron chi connectivity index (χ2n) is 6.33. The Morgan fingerprint density at radius 2 is 1.92 bits per heavy atom. The number of nitrogens with one attached hydrogen (secondary N) is 1. The second kappa shape index (κ2) is 8.62. The van der Waals surface area contributed by atoms with Crippen LogP contribution in [0, 0.1) is 0 Å². The first kappa shape index (κ1) is 18.9. The lowest BCUT2D eigenvalue weighted by Gasteiger charge is -2.27. The Hall–Kier alpha value is -2.41. The van der Waals surface area contributed by atoms with Crippen LogP contribution < -0.4 is 5.32 Å². The number of amides is 1. The third kappa shape index (κ3) is 5.03. The zero-order valence-electron chi connectivity index (χ0n) is 14.2. The van der Waals surface area contributed by atoms with E-state index in [2.05, 4.69) is 5.32 Å². The average molecular weight is 348 g/mol. The predicted octanol–water partition coefficient (Wildman–Crippen LogP) is 1.13. The summed E-state index contributed by atoms with van der Waals surface area (Å²) in [6.07, 6.45) is 2.00. The molecule has 3 atom stereocenters. The lowest BCUT2D eigenvalue weighted by Crippen LogP contribution is -2.53. The highest BCUT2D eigenvalue weighted by molar-refractivity contribution is 5.88. The highest BCUT2D eigenvalue weighted by atomic mass is 16.4. The van der Waals surface area contributed by atoms with E-state index in [1.54, 1.807) is 6.92 Å². The molecule has 0 radical (unpaired) electrons. The minimum absolute atomic E-state index is 0.347. The van der Waals surface area contributed by atoms with Crippen LogP contribution in [0.3, 0.4) is 0 Å². The number of carboxylic acid groups (broad SMARTS) is 2. The molecule has 0 spiro atoms. The number of carbonyl (C=O) groups is 3. The Morgan fingerprint density at radius 1 is 1.24 bits per heavy atom. The summed E-state index contributed by atoms with van der Waals surface area (Å²) in [5.74, 6) is -2.40. The van der Waals surface area contributed by atoms with Gasteiger partial charge in [0.05, 0.1) is 6.04 Å². The number of aryl methyl sites for hydroxylation is 1. The Kier molecular flexibility index (Phi) is 6.52. The first-order valence-electron chi connectivity index (χ1n) is 8.46. The largest absolute Gasteiger partial charge is 0.480 e. The minimum atomic E-state index is -1.02. The molecule has 2 unspecified atom stereocenters. The molecule has 1 heterocycles. The number of rotatable bonds is 8. The molecule has 2 rings (SSSR count). The SMILES string of the molecule is C[C@H](NC(CCc1ccccc1)C(=O)O)C(=O)N1CCCC1C(=O)O. The normalized spacial score (nSPS) is 19.4. The summed E-state index contributed by atoms with van der Waals surface area (Å²) >= 11 is 0. The molecule has 7 heteroatoms. The van der Waals surface area contributed by atoms with E-state index < -0.39 is 30.1 Å². The highest BCUT2D eigenvalue weighted by Gasteiger charge is 2.36. The summed E-state index contributed by atoms with van der Waals surface area (Å²) in [6.45, 7) is 1.97. The van der Waals surface area contributed by atoms with Crippen LogP contribution in [0.15, 0.2) is 30.3 Å². The summed E-state index contributed by atoms with van der Waals surface area (Å²) in [5.41, 5.74) is 1.03. The van der Waals surface area contributed by atoms with Gasteiger partial charge in [0.25, 0.3) is 0 Å². The van der Waals surface area contributed by atoms with Gasteiger partial charge in [-0.25, -0.2) is 4.79 Å². The standard InChI is InChI=1S/C18H24N2O5/c1-12(16(21)20-11-5-8-15(20)18(24)25)19-14(17(22)23)10-9-13-6-3-2-4-7-13/h2-4,6-7,12,14-15,19H,5,8-11H2,1H3,(H,22,23)(H,24,25)/t12-,14?,15?/m0/s1. The predicted molar refractivity (Wildman–Crippen MR) is 91.2 cm³/mol. The van der Waals surface area contributed by atoms with Gasteiger partial charge in [-0.1, -0.05) is 30.3 Å². The Bertz CT molecular complexity index is 619. The van der Waals surface area contributed by atoms with Crippen molar-refractivity contribution in [1.29, 1.82) is 0 Å². The van der Waals surface area contributed by atoms with E-state index in [4.69, 9.17) is 0 Å². The Morgan fingerprint density at radius 3 is 2.52 bits per heavy atom. The molecule has 0 bridgehead atoms. The quantitative estimate of drug-likeness (QED) is 0.650. The molecule has 1 saturated heterocycles. The zero-order chi connectivity index (χ0) is 18.4. The number of nitrogens with zero attached hydrogens (tertiary/aromatic N) is 1. The summed E-state index contributed by atoms with van der Waals surface area (Å²) < 4.78 is 0. The maximum Gasteiger partial charge on any atom is 0.326 e. The van der Waals surface area contributed by atoms with Crippen molar-refractivity contribution in [2.24, 2.45) is 0 Å². The van der Waals surface area contributed by atoms with E-state index in [1.807, 2.05) is 30.3 Å². The van der Waals surface area contributed by atoms with E-state index in [-0.39, 0.29) is 5.91 Å². The van der Waals surface area contributed by atoms with E-state index in [0.717, 1.165) is 5.56 Å². The number of hydrogen-bond acceptors (Lipinski definition) is 4. The van der Waals surface area contributed by atoms with Gasteiger partial charge in [-0.2, -0.15) is 0 Å². The van der Waals surface area contributed by atoms with Gasteiger partial charge in [-0.15, -0.1) is 0 Å². The number of aliphatic carboxylic acids is 2. The van der Waals surface area contributed by atoms with Crippen LogP contribution in [0.5, 0.6) is 0 Å². The van der Waals surface area contributed by atoms with Crippen LogP contribution in [0.4, 0.5) is 0 Å². The monoisotopic (exact) mass is 348 g/mol. The van der Waals surface area contributed by atoms with Crippen LogP contribution in [-0.4, -0.2) is 57.6 Å². The number of carboxylic acids is 2. The van der Waals surface area contributed by atoms with Crippen LogP contribution in [-0.2, 0) is 20.8 Å². The van der Waals surface area contributed by atoms with Crippen molar-refractivity contribution >= 4 is 17.8 Å². The number of hydrogen-bond donors (Lipinski definition) is 3. The summed E-state index contributed by atoms with van der Waals surface area (Å²) in [7, 11) is 0. The fourth-order valence-electron chi connectivity index (χ4n) is 3.14. The molecule has 0 saturated carbocycles. The lowest BCUT2D eigenvalue weighted by atomic mass is 10.0. The van der Waals surface area contributed by atoms with Crippen molar-refractivity contribution in [2.75, 3.05) is 6.54 Å². The van der Waals surface area contributed by atoms with Crippen LogP contribution in [0.2, 0.25) is 0 Å². The van der Waals surface area contributed by atoms with E-state index in [1.165, 1.54) is 4.90 Å². The molecule has 3 N–H and O–H groups in total. The smallest absolute Gasteiger partial charge is 0.326 e. The number of carbonyl (C=O) groups excluding carboxylic acids is 1. The van der Waals surface area contributed by atoms with Crippen molar-refractivity contribution in [3.05, 3.63) is 35.9 Å². The van der Waals surface area contributed by atoms with Gasteiger partial charge in [0.15, 0.2) is 0 Å². The summed E-state index contributed by atoms with van der Waals surface area (Å²) in [5, 5.41) is 21.4. The van der Waals surface area contributed by atoms with Gasteiger partial charge < -0.3 is 15.1 Å². The van der Waals surface area contributed by atoms with Crippen molar-refractivity contribution < 1.29 is 24.6 Å². The molecular weight excluding hydrogens is 324 g/mol. The molecule has 1 aromatic rings. The molecule has 7 nitrogen and oxygen atoms in total. The molecule has 1 fully saturated rings. The van der Waals surface area contributed by atoms with Crippen molar-refractivity contribution in [1.82, 2.24) is 10.2 Å². The van der Waals surface area contributed by atoms with Gasteiger partial charge in [0, 0.05) is 6.54 Å². The maximum atomic E-state index is 12.5. The fourth-order valence-corrected chi connectivity index (χ4v) is 3.14. The summed E-state index contributed by atoms with van der Waals surface area (Å²) in [4.78, 5) is 36.5. The van der Waals surface area contributed by atoms with Crippen LogP contribution >= 0.6 is 0 Å². The van der Waals surface area contributed by atoms with E-state index >= 15 is 0 Å². The van der Waals surface area contributed by atoms with Gasteiger partial charge in [-0.3, -0.25) is 14.9 Å². The number of benzene rings is 1. The first-order valence-corrected chi connectivity index (χ1v) is 8.46. The van der Waals surface area contributed by atoms with Crippen molar-refractivity contribution in [3.8, 4) is 0 Å². The third-order valence-electron chi connectivity index (χ3n) is 4.51. The topological polar surface area (TPSA) is 107 Å². The molecule has 1 aliphatic rings. The highest BCUT2D eigenvalue weighted by Crippen LogP contribution is 2.18. The van der Waals surface area contributed by atoms with Crippen molar-refractivity contribution in [2.45, 2.75) is 50.7 Å². The molecule has 1 amide bonds. The maximum absolute atomic E-state index is 12.5. The van der Waals surface area contributed by atoms with E-state index in [0.29, 0.717) is 32.2 Å². The summed E-state index contributed by atoms with van der Waals surface area (Å²) in [6, 6.07) is 7.09. The molecule has 136 valence electrons. The van der Waals surface area contributed by atoms with Gasteiger partial charge in [0.2, 0.25) is 5.91 Å². The van der Waals surface area contributed by atoms with Crippen molar-refractivity contribution in [3.63, 3.8) is 0 Å². The van der Waals surface area contributed by atoms with Crippen LogP contribution in [0.25, 0.3) is 0 Å². The molecule has 0 aromatic heterocycles. The Balaban J connectivity index is 1.95. The first-order chi connectivity index (χ1) is 11.9. The molecule has 1 aliphatic heterocycles. The molecular formula is C18H24N2O5. The van der Waals surface area contributed by atoms with E-state index in [9.17, 15) is 24.6 Å². The van der Waals surface area contributed by atoms with Gasteiger partial charge in [-0.05, 0) is 38.2 Å². The molecule has 1 aromatic carbocycles. The van der Waals surface area contributed by atoms with Gasteiger partial charge in [0.1, 0.15) is 12.1 Å². The second-order valence-corrected chi connectivity index (χ2v) is 6.33. The Labute approximate surface area is 146 Å². The molecule has 0 aliphatic carbocycles. The lowest BCUT2D eigenvalue weighted by molar-refractivity contribution is -0.149. The fraction of sp³-hybridized carbons (Fsp3) is 0.500. The minimum Gasteiger partial charge on any atom is -0.480 e. The van der Waals surface area contributed by atoms with Crippen LogP contribution in [0.1, 0.15) is 31.7 Å². The van der Waals surface area contributed by atoms with Gasteiger partial charge >= 0.3 is 11.9 Å². The average Bonchev–Trinajstić information content (AvgIpc) is 3.08. The third-order valence-corrected chi connectivity index (χ3v) is 4.51. The molecule has 25 heavy (non-hydrogen) atoms. The zero-order valence-corrected chi connectivity index (χ0v) is 14.2.